The molecule has 3 heterocycles. The standard InChI is InChI=1S/C16H25N5O3/c1-12-10-21(8-9-24-12)16(23)18-13-4-3-6-20(15(13)22)11-14-17-5-7-19(14)2/h5,7,12-13H,3-4,6,8-11H2,1-2H3,(H,18,23). The first-order valence-corrected chi connectivity index (χ1v) is 8.46. The maximum atomic E-state index is 12.7. The molecule has 0 spiro atoms. The minimum Gasteiger partial charge on any atom is -0.375 e. The van der Waals surface area contributed by atoms with Gasteiger partial charge < -0.3 is 24.4 Å². The summed E-state index contributed by atoms with van der Waals surface area (Å²) < 4.78 is 7.36. The van der Waals surface area contributed by atoms with Crippen LogP contribution in [0.15, 0.2) is 12.4 Å². The summed E-state index contributed by atoms with van der Waals surface area (Å²) in [4.78, 5) is 32.9. The van der Waals surface area contributed by atoms with Crippen molar-refractivity contribution >= 4 is 11.9 Å². The van der Waals surface area contributed by atoms with Crippen LogP contribution in [0.3, 0.4) is 0 Å². The lowest BCUT2D eigenvalue weighted by Gasteiger charge is -2.35. The second kappa shape index (κ2) is 7.21. The fourth-order valence-corrected chi connectivity index (χ4v) is 3.19. The van der Waals surface area contributed by atoms with E-state index in [-0.39, 0.29) is 18.0 Å². The van der Waals surface area contributed by atoms with Crippen molar-refractivity contribution < 1.29 is 14.3 Å². The van der Waals surface area contributed by atoms with Gasteiger partial charge in [0.05, 0.1) is 19.3 Å². The number of ether oxygens (including phenoxy) is 1. The predicted octanol–water partition coefficient (Wildman–Crippen LogP) is 0.341. The molecular weight excluding hydrogens is 310 g/mol. The summed E-state index contributed by atoms with van der Waals surface area (Å²) in [6.07, 6.45) is 5.18. The van der Waals surface area contributed by atoms with Gasteiger partial charge in [-0.15, -0.1) is 0 Å². The Morgan fingerprint density at radius 2 is 2.29 bits per heavy atom. The van der Waals surface area contributed by atoms with Crippen LogP contribution in [0, 0.1) is 0 Å². The van der Waals surface area contributed by atoms with Gasteiger partial charge in [0.2, 0.25) is 5.91 Å². The van der Waals surface area contributed by atoms with E-state index in [0.29, 0.717) is 39.2 Å². The molecule has 2 fully saturated rings. The summed E-state index contributed by atoms with van der Waals surface area (Å²) in [5.74, 6) is 0.816. The number of piperidine rings is 1. The first-order valence-electron chi connectivity index (χ1n) is 8.46. The van der Waals surface area contributed by atoms with Crippen molar-refractivity contribution in [3.05, 3.63) is 18.2 Å². The molecule has 0 bridgehead atoms. The van der Waals surface area contributed by atoms with E-state index in [1.807, 2.05) is 24.7 Å². The lowest BCUT2D eigenvalue weighted by molar-refractivity contribution is -0.136. The van der Waals surface area contributed by atoms with Crippen LogP contribution < -0.4 is 5.32 Å². The number of amides is 3. The van der Waals surface area contributed by atoms with E-state index in [1.165, 1.54) is 0 Å². The molecule has 3 rings (SSSR count). The SMILES string of the molecule is CC1CN(C(=O)NC2CCCN(Cc3nccn3C)C2=O)CCO1. The molecule has 3 amide bonds. The monoisotopic (exact) mass is 335 g/mol. The third kappa shape index (κ3) is 3.69. The molecule has 1 N–H and O–H groups in total. The number of imidazole rings is 1. The number of nitrogens with zero attached hydrogens (tertiary/aromatic N) is 4. The van der Waals surface area contributed by atoms with Crippen LogP contribution in [0.4, 0.5) is 4.79 Å². The smallest absolute Gasteiger partial charge is 0.318 e. The molecule has 1 aromatic heterocycles. The molecule has 132 valence electrons. The highest BCUT2D eigenvalue weighted by Gasteiger charge is 2.32. The van der Waals surface area contributed by atoms with E-state index >= 15 is 0 Å². The van der Waals surface area contributed by atoms with Gasteiger partial charge in [-0.25, -0.2) is 9.78 Å². The first-order chi connectivity index (χ1) is 11.5. The van der Waals surface area contributed by atoms with Crippen molar-refractivity contribution in [2.45, 2.75) is 38.5 Å². The molecule has 0 saturated carbocycles. The summed E-state index contributed by atoms with van der Waals surface area (Å²) in [5.41, 5.74) is 0. The quantitative estimate of drug-likeness (QED) is 0.864. The van der Waals surface area contributed by atoms with Gasteiger partial charge in [0, 0.05) is 39.1 Å². The Kier molecular flexibility index (Phi) is 5.03. The third-order valence-electron chi connectivity index (χ3n) is 4.61. The maximum absolute atomic E-state index is 12.7. The minimum atomic E-state index is -0.454. The van der Waals surface area contributed by atoms with Crippen LogP contribution in [0.2, 0.25) is 0 Å². The van der Waals surface area contributed by atoms with Crippen molar-refractivity contribution in [3.63, 3.8) is 0 Å². The van der Waals surface area contributed by atoms with Crippen LogP contribution in [0.1, 0.15) is 25.6 Å². The number of aryl methyl sites for hydroxylation is 1. The van der Waals surface area contributed by atoms with E-state index < -0.39 is 6.04 Å². The number of morpholine rings is 1. The molecule has 8 nitrogen and oxygen atoms in total. The number of rotatable bonds is 3. The molecule has 24 heavy (non-hydrogen) atoms. The van der Waals surface area contributed by atoms with E-state index in [9.17, 15) is 9.59 Å². The Morgan fingerprint density at radius 3 is 3.00 bits per heavy atom. The second-order valence-corrected chi connectivity index (χ2v) is 6.49. The Bertz CT molecular complexity index is 602. The first kappa shape index (κ1) is 16.8. The zero-order chi connectivity index (χ0) is 17.1. The van der Waals surface area contributed by atoms with E-state index in [0.717, 1.165) is 12.2 Å². The molecule has 1 aromatic rings. The summed E-state index contributed by atoms with van der Waals surface area (Å²) in [6.45, 7) is 4.78. The highest BCUT2D eigenvalue weighted by molar-refractivity contribution is 5.87. The molecule has 8 heteroatoms. The normalized spacial score (nSPS) is 25.0. The molecule has 2 aliphatic rings. The largest absolute Gasteiger partial charge is 0.375 e. The fraction of sp³-hybridized carbons (Fsp3) is 0.688. The van der Waals surface area contributed by atoms with E-state index in [4.69, 9.17) is 4.74 Å². The van der Waals surface area contributed by atoms with Gasteiger partial charge in [-0.1, -0.05) is 0 Å². The number of carbonyl (C=O) groups is 2. The molecule has 0 aliphatic carbocycles. The lowest BCUT2D eigenvalue weighted by Crippen LogP contribution is -2.56. The molecule has 2 atom stereocenters. The maximum Gasteiger partial charge on any atom is 0.318 e. The molecule has 0 radical (unpaired) electrons. The second-order valence-electron chi connectivity index (χ2n) is 6.49. The number of hydrogen-bond acceptors (Lipinski definition) is 4. The summed E-state index contributed by atoms with van der Waals surface area (Å²) in [6, 6.07) is -0.632. The highest BCUT2D eigenvalue weighted by atomic mass is 16.5. The van der Waals surface area contributed by atoms with Crippen molar-refractivity contribution in [3.8, 4) is 0 Å². The molecule has 2 saturated heterocycles. The van der Waals surface area contributed by atoms with Crippen molar-refractivity contribution in [1.29, 1.82) is 0 Å². The fourth-order valence-electron chi connectivity index (χ4n) is 3.19. The van der Waals surface area contributed by atoms with E-state index in [2.05, 4.69) is 10.3 Å². The van der Waals surface area contributed by atoms with Gasteiger partial charge in [-0.05, 0) is 19.8 Å². The zero-order valence-electron chi connectivity index (χ0n) is 14.3. The molecule has 2 aliphatic heterocycles. The predicted molar refractivity (Wildman–Crippen MR) is 87.2 cm³/mol. The van der Waals surface area contributed by atoms with Crippen LogP contribution in [-0.2, 0) is 23.1 Å². The lowest BCUT2D eigenvalue weighted by atomic mass is 10.0. The van der Waals surface area contributed by atoms with Crippen molar-refractivity contribution in [1.82, 2.24) is 24.7 Å². The van der Waals surface area contributed by atoms with Gasteiger partial charge in [0.1, 0.15) is 11.9 Å². The van der Waals surface area contributed by atoms with E-state index in [1.54, 1.807) is 16.0 Å². The highest BCUT2D eigenvalue weighted by Crippen LogP contribution is 2.15. The summed E-state index contributed by atoms with van der Waals surface area (Å²) in [7, 11) is 1.91. The van der Waals surface area contributed by atoms with Crippen molar-refractivity contribution in [2.75, 3.05) is 26.2 Å². The van der Waals surface area contributed by atoms with Crippen LogP contribution in [0.5, 0.6) is 0 Å². The molecule has 2 unspecified atom stereocenters. The minimum absolute atomic E-state index is 0.0288. The van der Waals surface area contributed by atoms with Crippen molar-refractivity contribution in [2.24, 2.45) is 7.05 Å². The topological polar surface area (TPSA) is 79.7 Å². The van der Waals surface area contributed by atoms with Crippen LogP contribution in [-0.4, -0.2) is 69.7 Å². The number of nitrogens with one attached hydrogen (secondary N) is 1. The number of carbonyl (C=O) groups excluding carboxylic acids is 2. The summed E-state index contributed by atoms with van der Waals surface area (Å²) >= 11 is 0. The average molecular weight is 335 g/mol. The Labute approximate surface area is 141 Å². The van der Waals surface area contributed by atoms with Gasteiger partial charge in [0.25, 0.3) is 0 Å². The Morgan fingerprint density at radius 1 is 1.46 bits per heavy atom. The number of hydrogen-bond donors (Lipinski definition) is 1. The number of likely N-dealkylation sites (tertiary alicyclic amines) is 1. The van der Waals surface area contributed by atoms with Gasteiger partial charge in [-0.2, -0.15) is 0 Å². The van der Waals surface area contributed by atoms with Crippen LogP contribution in [0.25, 0.3) is 0 Å². The Balaban J connectivity index is 1.58. The molecular formula is C16H25N5O3. The Hall–Kier alpha value is -2.09. The number of urea groups is 1. The average Bonchev–Trinajstić information content (AvgIpc) is 2.96. The van der Waals surface area contributed by atoms with Gasteiger partial charge >= 0.3 is 6.03 Å². The number of aromatic nitrogens is 2. The van der Waals surface area contributed by atoms with Gasteiger partial charge in [-0.3, -0.25) is 4.79 Å². The van der Waals surface area contributed by atoms with Gasteiger partial charge in [0.15, 0.2) is 0 Å². The molecule has 0 aromatic carbocycles. The zero-order valence-corrected chi connectivity index (χ0v) is 14.3. The summed E-state index contributed by atoms with van der Waals surface area (Å²) in [5, 5.41) is 2.90. The third-order valence-corrected chi connectivity index (χ3v) is 4.61. The van der Waals surface area contributed by atoms with Crippen LogP contribution >= 0.6 is 0 Å².